The van der Waals surface area contributed by atoms with Crippen LogP contribution in [0.5, 0.6) is 0 Å². The molecule has 1 aromatic rings. The average molecular weight is 334 g/mol. The number of likely N-dealkylation sites (tertiary alicyclic amines) is 2. The third-order valence-electron chi connectivity index (χ3n) is 5.63. The highest BCUT2D eigenvalue weighted by atomic mass is 32.1. The summed E-state index contributed by atoms with van der Waals surface area (Å²) in [5.41, 5.74) is 0. The molecule has 126 valence electrons. The second-order valence-electron chi connectivity index (χ2n) is 7.26. The molecule has 1 aromatic heterocycles. The molecule has 0 aromatic carbocycles. The molecule has 3 aliphatic heterocycles. The fourth-order valence-corrected chi connectivity index (χ4v) is 5.06. The molecule has 0 spiro atoms. The summed E-state index contributed by atoms with van der Waals surface area (Å²) in [6.45, 7) is 6.28. The molecule has 0 radical (unpaired) electrons. The maximum Gasteiger partial charge on any atom is 0.227 e. The highest BCUT2D eigenvalue weighted by molar-refractivity contribution is 7.10. The Morgan fingerprint density at radius 2 is 2.17 bits per heavy atom. The van der Waals surface area contributed by atoms with E-state index in [0.29, 0.717) is 30.3 Å². The predicted molar refractivity (Wildman–Crippen MR) is 91.6 cm³/mol. The quantitative estimate of drug-likeness (QED) is 0.847. The molecular weight excluding hydrogens is 308 g/mol. The number of hydrogen-bond acceptors (Lipinski definition) is 4. The normalized spacial score (nSPS) is 31.5. The van der Waals surface area contributed by atoms with Crippen molar-refractivity contribution in [2.24, 2.45) is 11.8 Å². The molecule has 5 heteroatoms. The van der Waals surface area contributed by atoms with Gasteiger partial charge in [0.05, 0.1) is 12.5 Å². The molecule has 0 saturated carbocycles. The number of ether oxygens (including phenoxy) is 1. The molecule has 3 aliphatic rings. The van der Waals surface area contributed by atoms with Crippen LogP contribution < -0.4 is 0 Å². The van der Waals surface area contributed by atoms with Gasteiger partial charge in [-0.05, 0) is 49.1 Å². The average Bonchev–Trinajstić information content (AvgIpc) is 3.27. The molecule has 1 unspecified atom stereocenters. The van der Waals surface area contributed by atoms with Gasteiger partial charge < -0.3 is 14.5 Å². The maximum absolute atomic E-state index is 12.5. The minimum absolute atomic E-state index is 0.313. The van der Waals surface area contributed by atoms with Crippen molar-refractivity contribution >= 4 is 17.2 Å². The lowest BCUT2D eigenvalue weighted by atomic mass is 9.88. The highest BCUT2D eigenvalue weighted by Crippen LogP contribution is 2.32. The summed E-state index contributed by atoms with van der Waals surface area (Å²) in [6, 6.07) is 4.09. The lowest BCUT2D eigenvalue weighted by Crippen LogP contribution is -2.43. The second-order valence-corrected chi connectivity index (χ2v) is 8.29. The Bertz CT molecular complexity index is 527. The van der Waals surface area contributed by atoms with Crippen LogP contribution in [0.15, 0.2) is 17.5 Å². The molecule has 4 nitrogen and oxygen atoms in total. The number of hydrogen-bond donors (Lipinski definition) is 0. The Morgan fingerprint density at radius 1 is 1.26 bits per heavy atom. The fraction of sp³-hybridized carbons (Fsp3) is 0.722. The topological polar surface area (TPSA) is 32.8 Å². The zero-order chi connectivity index (χ0) is 15.6. The van der Waals surface area contributed by atoms with E-state index in [1.165, 1.54) is 30.7 Å². The number of carbonyl (C=O) groups is 1. The van der Waals surface area contributed by atoms with Crippen LogP contribution in [0, 0.1) is 11.8 Å². The lowest BCUT2D eigenvalue weighted by molar-refractivity contribution is -0.129. The van der Waals surface area contributed by atoms with E-state index in [9.17, 15) is 4.79 Å². The zero-order valence-corrected chi connectivity index (χ0v) is 14.5. The largest absolute Gasteiger partial charge is 0.377 e. The van der Waals surface area contributed by atoms with Gasteiger partial charge in [0.25, 0.3) is 0 Å². The number of rotatable bonds is 4. The van der Waals surface area contributed by atoms with Crippen LogP contribution in [0.1, 0.15) is 24.1 Å². The summed E-state index contributed by atoms with van der Waals surface area (Å²) in [5.74, 6) is 1.69. The SMILES string of the molecule is O=C(Cc1cccs1)N1C[C@H]2CCN(CC3CCCO3)C[C@H]2C1. The van der Waals surface area contributed by atoms with Crippen LogP contribution in [0.2, 0.25) is 0 Å². The van der Waals surface area contributed by atoms with Crippen molar-refractivity contribution in [2.45, 2.75) is 31.8 Å². The van der Waals surface area contributed by atoms with Crippen molar-refractivity contribution in [3.63, 3.8) is 0 Å². The third kappa shape index (κ3) is 3.62. The Labute approximate surface area is 142 Å². The molecule has 3 saturated heterocycles. The molecular formula is C18H26N2O2S. The van der Waals surface area contributed by atoms with Gasteiger partial charge in [0, 0.05) is 37.7 Å². The zero-order valence-electron chi connectivity index (χ0n) is 13.7. The number of piperidine rings is 1. The summed E-state index contributed by atoms with van der Waals surface area (Å²) in [7, 11) is 0. The van der Waals surface area contributed by atoms with E-state index in [1.807, 2.05) is 6.07 Å². The van der Waals surface area contributed by atoms with E-state index in [0.717, 1.165) is 32.8 Å². The van der Waals surface area contributed by atoms with E-state index in [2.05, 4.69) is 21.2 Å². The van der Waals surface area contributed by atoms with Crippen molar-refractivity contribution in [1.29, 1.82) is 0 Å². The first-order chi connectivity index (χ1) is 11.3. The van der Waals surface area contributed by atoms with E-state index in [4.69, 9.17) is 4.74 Å². The van der Waals surface area contributed by atoms with Gasteiger partial charge in [0.15, 0.2) is 0 Å². The third-order valence-corrected chi connectivity index (χ3v) is 6.51. The van der Waals surface area contributed by atoms with Crippen LogP contribution in [0.4, 0.5) is 0 Å². The molecule has 1 amide bonds. The summed E-state index contributed by atoms with van der Waals surface area (Å²) >= 11 is 1.68. The molecule has 4 heterocycles. The second kappa shape index (κ2) is 6.91. The Morgan fingerprint density at radius 3 is 2.96 bits per heavy atom. The highest BCUT2D eigenvalue weighted by Gasteiger charge is 2.39. The van der Waals surface area contributed by atoms with Crippen molar-refractivity contribution in [3.8, 4) is 0 Å². The van der Waals surface area contributed by atoms with Gasteiger partial charge in [0.1, 0.15) is 0 Å². The van der Waals surface area contributed by atoms with E-state index < -0.39 is 0 Å². The molecule has 3 atom stereocenters. The van der Waals surface area contributed by atoms with E-state index >= 15 is 0 Å². The Kier molecular flexibility index (Phi) is 4.69. The van der Waals surface area contributed by atoms with Gasteiger partial charge in [-0.1, -0.05) is 6.07 Å². The number of thiophene rings is 1. The van der Waals surface area contributed by atoms with Gasteiger partial charge in [0.2, 0.25) is 5.91 Å². The number of fused-ring (bicyclic) bond motifs is 1. The number of carbonyl (C=O) groups excluding carboxylic acids is 1. The van der Waals surface area contributed by atoms with Gasteiger partial charge in [-0.3, -0.25) is 4.79 Å². The molecule has 4 rings (SSSR count). The molecule has 0 aliphatic carbocycles. The van der Waals surface area contributed by atoms with Crippen molar-refractivity contribution in [3.05, 3.63) is 22.4 Å². The van der Waals surface area contributed by atoms with Gasteiger partial charge >= 0.3 is 0 Å². The summed E-state index contributed by atoms with van der Waals surface area (Å²) in [5, 5.41) is 2.05. The minimum atomic E-state index is 0.313. The van der Waals surface area contributed by atoms with Gasteiger partial charge in [-0.25, -0.2) is 0 Å². The van der Waals surface area contributed by atoms with Crippen molar-refractivity contribution in [1.82, 2.24) is 9.80 Å². The van der Waals surface area contributed by atoms with Crippen LogP contribution in [-0.4, -0.2) is 61.1 Å². The van der Waals surface area contributed by atoms with Crippen LogP contribution >= 0.6 is 11.3 Å². The fourth-order valence-electron chi connectivity index (χ4n) is 4.36. The van der Waals surface area contributed by atoms with Gasteiger partial charge in [-0.2, -0.15) is 0 Å². The Hall–Kier alpha value is -0.910. The first-order valence-corrected chi connectivity index (χ1v) is 9.80. The van der Waals surface area contributed by atoms with Gasteiger partial charge in [-0.15, -0.1) is 11.3 Å². The first-order valence-electron chi connectivity index (χ1n) is 8.92. The number of nitrogens with zero attached hydrogens (tertiary/aromatic N) is 2. The minimum Gasteiger partial charge on any atom is -0.377 e. The van der Waals surface area contributed by atoms with Crippen molar-refractivity contribution < 1.29 is 9.53 Å². The first kappa shape index (κ1) is 15.6. The van der Waals surface area contributed by atoms with E-state index in [1.54, 1.807) is 11.3 Å². The van der Waals surface area contributed by atoms with Crippen molar-refractivity contribution in [2.75, 3.05) is 39.3 Å². The predicted octanol–water partition coefficient (Wildman–Crippen LogP) is 2.25. The monoisotopic (exact) mass is 334 g/mol. The summed E-state index contributed by atoms with van der Waals surface area (Å²) in [6.07, 6.45) is 4.70. The summed E-state index contributed by atoms with van der Waals surface area (Å²) in [4.78, 5) is 18.4. The molecule has 0 N–H and O–H groups in total. The Balaban J connectivity index is 1.29. The maximum atomic E-state index is 12.5. The van der Waals surface area contributed by atoms with Crippen LogP contribution in [0.25, 0.3) is 0 Å². The van der Waals surface area contributed by atoms with Crippen LogP contribution in [0.3, 0.4) is 0 Å². The lowest BCUT2D eigenvalue weighted by Gasteiger charge is -2.35. The van der Waals surface area contributed by atoms with E-state index in [-0.39, 0.29) is 0 Å². The molecule has 3 fully saturated rings. The number of amides is 1. The van der Waals surface area contributed by atoms with Crippen LogP contribution in [-0.2, 0) is 16.0 Å². The molecule has 23 heavy (non-hydrogen) atoms. The smallest absolute Gasteiger partial charge is 0.227 e. The summed E-state index contributed by atoms with van der Waals surface area (Å²) < 4.78 is 5.78. The molecule has 0 bridgehead atoms. The standard InChI is InChI=1S/C18H26N2O2S/c21-18(9-17-4-2-8-23-17)20-11-14-5-6-19(10-15(14)12-20)13-16-3-1-7-22-16/h2,4,8,14-16H,1,3,5-7,9-13H2/t14-,15+,16?/m1/s1.